The first-order valence-electron chi connectivity index (χ1n) is 10.5. The van der Waals surface area contributed by atoms with Crippen LogP contribution in [-0.4, -0.2) is 58.2 Å². The summed E-state index contributed by atoms with van der Waals surface area (Å²) >= 11 is 0. The van der Waals surface area contributed by atoms with Gasteiger partial charge in [-0.1, -0.05) is 54.6 Å². The molecule has 1 saturated heterocycles. The second-order valence-corrected chi connectivity index (χ2v) is 7.80. The van der Waals surface area contributed by atoms with Crippen molar-refractivity contribution in [1.82, 2.24) is 19.6 Å². The van der Waals surface area contributed by atoms with E-state index in [0.29, 0.717) is 5.56 Å². The van der Waals surface area contributed by atoms with Crippen LogP contribution in [0.2, 0.25) is 0 Å². The highest BCUT2D eigenvalue weighted by Crippen LogP contribution is 2.18. The van der Waals surface area contributed by atoms with Crippen LogP contribution in [0.25, 0.3) is 11.8 Å². The number of carbonyl (C=O) groups excluding carboxylic acids is 1. The second-order valence-electron chi connectivity index (χ2n) is 7.80. The van der Waals surface area contributed by atoms with Crippen LogP contribution in [0.3, 0.4) is 0 Å². The number of amides is 1. The predicted octanol–water partition coefficient (Wildman–Crippen LogP) is 3.96. The summed E-state index contributed by atoms with van der Waals surface area (Å²) in [5, 5.41) is 4.48. The van der Waals surface area contributed by atoms with E-state index < -0.39 is 0 Å². The molecule has 154 valence electrons. The minimum Gasteiger partial charge on any atom is -0.336 e. The van der Waals surface area contributed by atoms with Gasteiger partial charge in [-0.25, -0.2) is 4.68 Å². The topological polar surface area (TPSA) is 41.4 Å². The van der Waals surface area contributed by atoms with Gasteiger partial charge in [-0.15, -0.1) is 0 Å². The Labute approximate surface area is 178 Å². The molecule has 1 amide bonds. The van der Waals surface area contributed by atoms with Crippen molar-refractivity contribution in [2.75, 3.05) is 32.7 Å². The smallest absolute Gasteiger partial charge is 0.257 e. The normalized spacial score (nSPS) is 15.1. The van der Waals surface area contributed by atoms with E-state index >= 15 is 0 Å². The third kappa shape index (κ3) is 4.52. The molecule has 4 rings (SSSR count). The summed E-state index contributed by atoms with van der Waals surface area (Å²) in [6.07, 6.45) is 6.05. The minimum absolute atomic E-state index is 0.0749. The van der Waals surface area contributed by atoms with Crippen LogP contribution in [0.5, 0.6) is 0 Å². The molecule has 0 N–H and O–H groups in total. The molecule has 5 heteroatoms. The van der Waals surface area contributed by atoms with Gasteiger partial charge in [0.05, 0.1) is 23.1 Å². The molecular formula is C25H28N4O. The van der Waals surface area contributed by atoms with Gasteiger partial charge in [-0.05, 0) is 37.1 Å². The van der Waals surface area contributed by atoms with Crippen molar-refractivity contribution in [1.29, 1.82) is 0 Å². The van der Waals surface area contributed by atoms with Gasteiger partial charge in [0.25, 0.3) is 5.91 Å². The fourth-order valence-corrected chi connectivity index (χ4v) is 3.85. The molecule has 2 heterocycles. The van der Waals surface area contributed by atoms with E-state index in [-0.39, 0.29) is 5.91 Å². The maximum Gasteiger partial charge on any atom is 0.257 e. The molecule has 30 heavy (non-hydrogen) atoms. The Balaban J connectivity index is 1.35. The Morgan fingerprint density at radius 1 is 1.00 bits per heavy atom. The molecule has 2 aromatic carbocycles. The number of aryl methyl sites for hydroxylation is 1. The molecule has 0 radical (unpaired) electrons. The maximum absolute atomic E-state index is 13.1. The van der Waals surface area contributed by atoms with Gasteiger partial charge in [-0.2, -0.15) is 5.10 Å². The zero-order valence-corrected chi connectivity index (χ0v) is 17.7. The molecule has 0 unspecified atom stereocenters. The molecule has 3 aromatic rings. The molecule has 0 spiro atoms. The Morgan fingerprint density at radius 3 is 2.50 bits per heavy atom. The first kappa shape index (κ1) is 20.1. The molecule has 1 fully saturated rings. The maximum atomic E-state index is 13.1. The fraction of sp³-hybridized carbons (Fsp3) is 0.280. The Morgan fingerprint density at radius 2 is 1.77 bits per heavy atom. The summed E-state index contributed by atoms with van der Waals surface area (Å²) in [5.74, 6) is 0.0749. The number of carbonyl (C=O) groups is 1. The summed E-state index contributed by atoms with van der Waals surface area (Å²) in [4.78, 5) is 17.4. The van der Waals surface area contributed by atoms with Gasteiger partial charge in [0.2, 0.25) is 0 Å². The lowest BCUT2D eigenvalue weighted by molar-refractivity contribution is 0.0649. The number of rotatable bonds is 5. The van der Waals surface area contributed by atoms with E-state index in [1.807, 2.05) is 46.8 Å². The number of hydrogen-bond donors (Lipinski definition) is 0. The van der Waals surface area contributed by atoms with Crippen LogP contribution in [0, 0.1) is 13.8 Å². The molecular weight excluding hydrogens is 372 g/mol. The molecule has 0 saturated carbocycles. The first-order chi connectivity index (χ1) is 14.6. The van der Waals surface area contributed by atoms with Crippen molar-refractivity contribution in [3.05, 3.63) is 89.3 Å². The highest BCUT2D eigenvalue weighted by atomic mass is 16.2. The second kappa shape index (κ2) is 9.09. The van der Waals surface area contributed by atoms with Crippen LogP contribution in [0.1, 0.15) is 27.2 Å². The molecule has 1 aliphatic rings. The molecule has 0 bridgehead atoms. The van der Waals surface area contributed by atoms with Gasteiger partial charge in [-0.3, -0.25) is 9.69 Å². The summed E-state index contributed by atoms with van der Waals surface area (Å²) < 4.78 is 1.85. The zero-order valence-electron chi connectivity index (χ0n) is 17.7. The monoisotopic (exact) mass is 400 g/mol. The average molecular weight is 401 g/mol. The Hall–Kier alpha value is -3.18. The number of aromatic nitrogens is 2. The average Bonchev–Trinajstić information content (AvgIpc) is 3.16. The van der Waals surface area contributed by atoms with Gasteiger partial charge >= 0.3 is 0 Å². The van der Waals surface area contributed by atoms with Gasteiger partial charge in [0.1, 0.15) is 0 Å². The first-order valence-corrected chi connectivity index (χ1v) is 10.5. The van der Waals surface area contributed by atoms with Crippen LogP contribution >= 0.6 is 0 Å². The van der Waals surface area contributed by atoms with E-state index in [4.69, 9.17) is 0 Å². The lowest BCUT2D eigenvalue weighted by Gasteiger charge is -2.34. The summed E-state index contributed by atoms with van der Waals surface area (Å²) in [5.41, 5.74) is 4.95. The number of nitrogens with zero attached hydrogens (tertiary/aromatic N) is 4. The van der Waals surface area contributed by atoms with Crippen LogP contribution in [-0.2, 0) is 0 Å². The molecule has 5 nitrogen and oxygen atoms in total. The zero-order chi connectivity index (χ0) is 20.9. The molecule has 1 aromatic heterocycles. The number of hydrogen-bond acceptors (Lipinski definition) is 3. The third-order valence-corrected chi connectivity index (χ3v) is 5.62. The molecule has 0 aliphatic carbocycles. The minimum atomic E-state index is 0.0749. The van der Waals surface area contributed by atoms with E-state index in [1.165, 1.54) is 11.1 Å². The van der Waals surface area contributed by atoms with E-state index in [0.717, 1.165) is 44.1 Å². The van der Waals surface area contributed by atoms with Gasteiger partial charge in [0, 0.05) is 32.7 Å². The van der Waals surface area contributed by atoms with E-state index in [2.05, 4.69) is 53.3 Å². The number of benzene rings is 2. The number of piperazine rings is 1. The highest BCUT2D eigenvalue weighted by Gasteiger charge is 2.24. The van der Waals surface area contributed by atoms with Crippen LogP contribution < -0.4 is 0 Å². The van der Waals surface area contributed by atoms with Gasteiger partial charge in [0.15, 0.2) is 0 Å². The van der Waals surface area contributed by atoms with Crippen molar-refractivity contribution in [2.45, 2.75) is 13.8 Å². The van der Waals surface area contributed by atoms with E-state index in [9.17, 15) is 4.79 Å². The SMILES string of the molecule is Cc1cccc(-n2ncc(C(=O)N3CCN(CC=Cc4ccccc4)CC3)c2C)c1. The summed E-state index contributed by atoms with van der Waals surface area (Å²) in [6.45, 7) is 8.18. The molecule has 0 atom stereocenters. The predicted molar refractivity (Wildman–Crippen MR) is 121 cm³/mol. The van der Waals surface area contributed by atoms with Gasteiger partial charge < -0.3 is 4.90 Å². The van der Waals surface area contributed by atoms with Crippen molar-refractivity contribution in [2.24, 2.45) is 0 Å². The van der Waals surface area contributed by atoms with E-state index in [1.54, 1.807) is 6.20 Å². The summed E-state index contributed by atoms with van der Waals surface area (Å²) in [6, 6.07) is 18.5. The van der Waals surface area contributed by atoms with Crippen LogP contribution in [0.15, 0.2) is 66.9 Å². The highest BCUT2D eigenvalue weighted by molar-refractivity contribution is 5.95. The quantitative estimate of drug-likeness (QED) is 0.651. The Bertz CT molecular complexity index is 1030. The Kier molecular flexibility index (Phi) is 6.10. The van der Waals surface area contributed by atoms with Crippen molar-refractivity contribution >= 4 is 12.0 Å². The largest absolute Gasteiger partial charge is 0.336 e. The fourth-order valence-electron chi connectivity index (χ4n) is 3.85. The third-order valence-electron chi connectivity index (χ3n) is 5.62. The van der Waals surface area contributed by atoms with Crippen molar-refractivity contribution in [3.63, 3.8) is 0 Å². The summed E-state index contributed by atoms with van der Waals surface area (Å²) in [7, 11) is 0. The van der Waals surface area contributed by atoms with Crippen LogP contribution in [0.4, 0.5) is 0 Å². The molecule has 1 aliphatic heterocycles. The van der Waals surface area contributed by atoms with Crippen molar-refractivity contribution in [3.8, 4) is 5.69 Å². The standard InChI is InChI=1S/C25H28N4O/c1-20-8-6-12-23(18-20)29-21(2)24(19-26-29)25(30)28-16-14-27(15-17-28)13-7-11-22-9-4-3-5-10-22/h3-12,18-19H,13-17H2,1-2H3. The van der Waals surface area contributed by atoms with Crippen molar-refractivity contribution < 1.29 is 4.79 Å². The lowest BCUT2D eigenvalue weighted by Crippen LogP contribution is -2.48. The lowest BCUT2D eigenvalue weighted by atomic mass is 10.2.